The van der Waals surface area contributed by atoms with Crippen LogP contribution in [0.1, 0.15) is 18.1 Å². The second-order valence-corrected chi connectivity index (χ2v) is 5.78. The van der Waals surface area contributed by atoms with Gasteiger partial charge in [0, 0.05) is 5.69 Å². The summed E-state index contributed by atoms with van der Waals surface area (Å²) in [4.78, 5) is 23.8. The van der Waals surface area contributed by atoms with Crippen molar-refractivity contribution in [2.75, 3.05) is 25.1 Å². The predicted molar refractivity (Wildman–Crippen MR) is 101 cm³/mol. The van der Waals surface area contributed by atoms with Crippen molar-refractivity contribution in [3.8, 4) is 11.5 Å². The fourth-order valence-electron chi connectivity index (χ4n) is 2.37. The molecule has 2 amide bonds. The van der Waals surface area contributed by atoms with E-state index in [1.54, 1.807) is 24.3 Å². The fraction of sp³-hybridized carbons (Fsp3) is 0.300. The standard InChI is InChI=1S/C20H24N2O4/c1-4-25-16-8-10-17(11-9-16)26-13-19(24)21-12-18(23)22-20-14(2)6-5-7-15(20)3/h5-11H,4,12-13H2,1-3H3,(H,21,24)(H,22,23). The second-order valence-electron chi connectivity index (χ2n) is 5.78. The van der Waals surface area contributed by atoms with Crippen LogP contribution in [0.15, 0.2) is 42.5 Å². The summed E-state index contributed by atoms with van der Waals surface area (Å²) in [7, 11) is 0. The van der Waals surface area contributed by atoms with Gasteiger partial charge in [0.2, 0.25) is 5.91 Å². The third-order valence-electron chi connectivity index (χ3n) is 3.70. The van der Waals surface area contributed by atoms with Crippen LogP contribution < -0.4 is 20.1 Å². The average molecular weight is 356 g/mol. The Labute approximate surface area is 153 Å². The highest BCUT2D eigenvalue weighted by Crippen LogP contribution is 2.19. The largest absolute Gasteiger partial charge is 0.494 e. The van der Waals surface area contributed by atoms with E-state index in [0.29, 0.717) is 12.4 Å². The minimum Gasteiger partial charge on any atom is -0.494 e. The van der Waals surface area contributed by atoms with Crippen LogP contribution in [0, 0.1) is 13.8 Å². The lowest BCUT2D eigenvalue weighted by molar-refractivity contribution is -0.125. The zero-order chi connectivity index (χ0) is 18.9. The molecule has 2 N–H and O–H groups in total. The van der Waals surface area contributed by atoms with Gasteiger partial charge in [-0.3, -0.25) is 9.59 Å². The molecule has 0 saturated heterocycles. The molecular weight excluding hydrogens is 332 g/mol. The van der Waals surface area contributed by atoms with Gasteiger partial charge in [-0.25, -0.2) is 0 Å². The van der Waals surface area contributed by atoms with Gasteiger partial charge in [-0.2, -0.15) is 0 Å². The lowest BCUT2D eigenvalue weighted by Gasteiger charge is -2.12. The number of carbonyl (C=O) groups excluding carboxylic acids is 2. The van der Waals surface area contributed by atoms with Crippen LogP contribution in [0.5, 0.6) is 11.5 Å². The van der Waals surface area contributed by atoms with E-state index in [1.165, 1.54) is 0 Å². The van der Waals surface area contributed by atoms with Crippen LogP contribution in [0.4, 0.5) is 5.69 Å². The maximum atomic E-state index is 12.0. The first kappa shape index (κ1) is 19.3. The third kappa shape index (κ3) is 5.81. The molecule has 0 atom stereocenters. The van der Waals surface area contributed by atoms with Crippen LogP contribution in [0.3, 0.4) is 0 Å². The molecule has 0 spiro atoms. The molecule has 0 aliphatic rings. The number of benzene rings is 2. The van der Waals surface area contributed by atoms with E-state index < -0.39 is 0 Å². The van der Waals surface area contributed by atoms with E-state index >= 15 is 0 Å². The zero-order valence-electron chi connectivity index (χ0n) is 15.3. The van der Waals surface area contributed by atoms with Crippen molar-refractivity contribution >= 4 is 17.5 Å². The Balaban J connectivity index is 1.75. The summed E-state index contributed by atoms with van der Waals surface area (Å²) < 4.78 is 10.7. The minimum absolute atomic E-state index is 0.112. The van der Waals surface area contributed by atoms with Crippen LogP contribution >= 0.6 is 0 Å². The maximum Gasteiger partial charge on any atom is 0.258 e. The van der Waals surface area contributed by atoms with Crippen molar-refractivity contribution in [3.05, 3.63) is 53.6 Å². The molecule has 0 heterocycles. The van der Waals surface area contributed by atoms with Gasteiger partial charge in [0.15, 0.2) is 6.61 Å². The normalized spacial score (nSPS) is 10.1. The summed E-state index contributed by atoms with van der Waals surface area (Å²) in [5.74, 6) is 0.656. The average Bonchev–Trinajstić information content (AvgIpc) is 2.63. The van der Waals surface area contributed by atoms with Gasteiger partial charge in [0.25, 0.3) is 5.91 Å². The van der Waals surface area contributed by atoms with E-state index in [4.69, 9.17) is 9.47 Å². The van der Waals surface area contributed by atoms with Crippen LogP contribution in [-0.4, -0.2) is 31.6 Å². The van der Waals surface area contributed by atoms with Gasteiger partial charge in [-0.15, -0.1) is 0 Å². The van der Waals surface area contributed by atoms with Gasteiger partial charge >= 0.3 is 0 Å². The highest BCUT2D eigenvalue weighted by Gasteiger charge is 2.09. The molecule has 6 heteroatoms. The van der Waals surface area contributed by atoms with Crippen molar-refractivity contribution in [1.82, 2.24) is 5.32 Å². The number of amides is 2. The Morgan fingerprint density at radius 3 is 2.04 bits per heavy atom. The molecule has 0 bridgehead atoms. The van der Waals surface area contributed by atoms with Gasteiger partial charge in [0.05, 0.1) is 13.2 Å². The van der Waals surface area contributed by atoms with E-state index in [0.717, 1.165) is 22.6 Å². The van der Waals surface area contributed by atoms with Gasteiger partial charge < -0.3 is 20.1 Å². The Hall–Kier alpha value is -3.02. The van der Waals surface area contributed by atoms with E-state index in [2.05, 4.69) is 10.6 Å². The molecule has 0 radical (unpaired) electrons. The first-order valence-electron chi connectivity index (χ1n) is 8.48. The lowest BCUT2D eigenvalue weighted by Crippen LogP contribution is -2.36. The SMILES string of the molecule is CCOc1ccc(OCC(=O)NCC(=O)Nc2c(C)cccc2C)cc1. The molecule has 0 aromatic heterocycles. The number of hydrogen-bond donors (Lipinski definition) is 2. The van der Waals surface area contributed by atoms with E-state index in [1.807, 2.05) is 39.0 Å². The summed E-state index contributed by atoms with van der Waals surface area (Å²) in [5.41, 5.74) is 2.73. The van der Waals surface area contributed by atoms with Gasteiger partial charge in [-0.05, 0) is 56.2 Å². The van der Waals surface area contributed by atoms with Crippen LogP contribution in [0.25, 0.3) is 0 Å². The van der Waals surface area contributed by atoms with E-state index in [9.17, 15) is 9.59 Å². The van der Waals surface area contributed by atoms with Crippen molar-refractivity contribution < 1.29 is 19.1 Å². The Morgan fingerprint density at radius 2 is 1.46 bits per heavy atom. The second kappa shape index (κ2) is 9.46. The third-order valence-corrected chi connectivity index (χ3v) is 3.70. The first-order chi connectivity index (χ1) is 12.5. The van der Waals surface area contributed by atoms with Gasteiger partial charge in [-0.1, -0.05) is 18.2 Å². The Morgan fingerprint density at radius 1 is 0.885 bits per heavy atom. The number of ether oxygens (including phenoxy) is 2. The Bertz CT molecular complexity index is 737. The van der Waals surface area contributed by atoms with Crippen molar-refractivity contribution in [2.24, 2.45) is 0 Å². The number of nitrogens with one attached hydrogen (secondary N) is 2. The lowest BCUT2D eigenvalue weighted by atomic mass is 10.1. The molecule has 2 aromatic carbocycles. The molecule has 6 nitrogen and oxygen atoms in total. The smallest absolute Gasteiger partial charge is 0.258 e. The van der Waals surface area contributed by atoms with Crippen molar-refractivity contribution in [3.63, 3.8) is 0 Å². The summed E-state index contributed by atoms with van der Waals surface area (Å²) >= 11 is 0. The molecule has 2 rings (SSSR count). The van der Waals surface area contributed by atoms with Crippen LogP contribution in [-0.2, 0) is 9.59 Å². The molecular formula is C20H24N2O4. The molecule has 26 heavy (non-hydrogen) atoms. The minimum atomic E-state index is -0.365. The van der Waals surface area contributed by atoms with Gasteiger partial charge in [0.1, 0.15) is 11.5 Å². The number of hydrogen-bond acceptors (Lipinski definition) is 4. The first-order valence-corrected chi connectivity index (χ1v) is 8.48. The van der Waals surface area contributed by atoms with Crippen LogP contribution in [0.2, 0.25) is 0 Å². The summed E-state index contributed by atoms with van der Waals surface area (Å²) in [6, 6.07) is 12.8. The van der Waals surface area contributed by atoms with E-state index in [-0.39, 0.29) is 25.0 Å². The van der Waals surface area contributed by atoms with Crippen molar-refractivity contribution in [1.29, 1.82) is 0 Å². The summed E-state index contributed by atoms with van der Waals surface area (Å²) in [6.45, 7) is 6.07. The quantitative estimate of drug-likeness (QED) is 0.762. The molecule has 2 aromatic rings. The number of carbonyl (C=O) groups is 2. The number of aryl methyl sites for hydroxylation is 2. The van der Waals surface area contributed by atoms with Crippen molar-refractivity contribution in [2.45, 2.75) is 20.8 Å². The monoisotopic (exact) mass is 356 g/mol. The topological polar surface area (TPSA) is 76.7 Å². The zero-order valence-corrected chi connectivity index (χ0v) is 15.3. The highest BCUT2D eigenvalue weighted by molar-refractivity contribution is 5.95. The molecule has 0 unspecified atom stereocenters. The molecule has 0 aliphatic heterocycles. The maximum absolute atomic E-state index is 12.0. The highest BCUT2D eigenvalue weighted by atomic mass is 16.5. The predicted octanol–water partition coefficient (Wildman–Crippen LogP) is 2.84. The number of anilines is 1. The summed E-state index contributed by atoms with van der Waals surface area (Å²) in [6.07, 6.45) is 0. The molecule has 138 valence electrons. The summed E-state index contributed by atoms with van der Waals surface area (Å²) in [5, 5.41) is 5.36. The Kier molecular flexibility index (Phi) is 7.02. The molecule has 0 aliphatic carbocycles. The number of para-hydroxylation sites is 1. The molecule has 0 fully saturated rings. The molecule has 0 saturated carbocycles. The fourth-order valence-corrected chi connectivity index (χ4v) is 2.37. The number of rotatable bonds is 8.